The second kappa shape index (κ2) is 4.09. The van der Waals surface area contributed by atoms with E-state index in [0.717, 1.165) is 0 Å². The highest BCUT2D eigenvalue weighted by Crippen LogP contribution is 2.19. The smallest absolute Gasteiger partial charge is 0.324 e. The first-order chi connectivity index (χ1) is 6.46. The summed E-state index contributed by atoms with van der Waals surface area (Å²) in [5.41, 5.74) is -1.44. The highest BCUT2D eigenvalue weighted by molar-refractivity contribution is 7.90. The number of sulfonamides is 1. The lowest BCUT2D eigenvalue weighted by molar-refractivity contribution is -0.143. The van der Waals surface area contributed by atoms with E-state index in [1.54, 1.807) is 6.92 Å². The van der Waals surface area contributed by atoms with Crippen molar-refractivity contribution in [2.75, 3.05) is 0 Å². The number of carbonyl (C=O) groups is 1. The molecule has 90 valence electrons. The van der Waals surface area contributed by atoms with Crippen molar-refractivity contribution in [2.24, 2.45) is 0 Å². The summed E-state index contributed by atoms with van der Waals surface area (Å²) in [6.07, 6.45) is 0.192. The van der Waals surface area contributed by atoms with Gasteiger partial charge in [0.1, 0.15) is 5.54 Å². The minimum atomic E-state index is -3.64. The van der Waals surface area contributed by atoms with Crippen LogP contribution in [0.5, 0.6) is 0 Å². The third kappa shape index (κ3) is 3.17. The van der Waals surface area contributed by atoms with Gasteiger partial charge in [-0.25, -0.2) is 8.42 Å². The van der Waals surface area contributed by atoms with Crippen molar-refractivity contribution in [1.82, 2.24) is 4.72 Å². The van der Waals surface area contributed by atoms with E-state index in [4.69, 9.17) is 5.11 Å². The third-order valence-corrected chi connectivity index (χ3v) is 4.68. The molecule has 0 aromatic carbocycles. The van der Waals surface area contributed by atoms with E-state index in [1.807, 2.05) is 0 Å². The molecule has 0 bridgehead atoms. The molecule has 2 N–H and O–H groups in total. The molecule has 0 spiro atoms. The van der Waals surface area contributed by atoms with E-state index in [2.05, 4.69) is 4.72 Å². The van der Waals surface area contributed by atoms with Crippen LogP contribution in [0.4, 0.5) is 0 Å². The zero-order chi connectivity index (χ0) is 12.5. The molecule has 1 unspecified atom stereocenters. The molecule has 6 heteroatoms. The topological polar surface area (TPSA) is 83.5 Å². The predicted octanol–water partition coefficient (Wildman–Crippen LogP) is 0.958. The molecule has 0 fully saturated rings. The molecule has 0 saturated heterocycles. The van der Waals surface area contributed by atoms with E-state index in [-0.39, 0.29) is 6.42 Å². The van der Waals surface area contributed by atoms with Crippen LogP contribution in [0.3, 0.4) is 0 Å². The summed E-state index contributed by atoms with van der Waals surface area (Å²) in [4.78, 5) is 10.9. The van der Waals surface area contributed by atoms with Gasteiger partial charge >= 0.3 is 5.97 Å². The molecule has 0 rings (SSSR count). The van der Waals surface area contributed by atoms with Crippen molar-refractivity contribution in [1.29, 1.82) is 0 Å². The second-order valence-corrected chi connectivity index (χ2v) is 7.14. The molecule has 0 amide bonds. The highest BCUT2D eigenvalue weighted by atomic mass is 32.2. The van der Waals surface area contributed by atoms with Gasteiger partial charge in [0.15, 0.2) is 0 Å². The van der Waals surface area contributed by atoms with E-state index in [1.165, 1.54) is 27.7 Å². The predicted molar refractivity (Wildman–Crippen MR) is 58.1 cm³/mol. The van der Waals surface area contributed by atoms with Crippen molar-refractivity contribution in [2.45, 2.75) is 51.3 Å². The Kier molecular flexibility index (Phi) is 3.93. The lowest BCUT2D eigenvalue weighted by atomic mass is 10.0. The lowest BCUT2D eigenvalue weighted by Gasteiger charge is -2.29. The van der Waals surface area contributed by atoms with Gasteiger partial charge in [-0.15, -0.1) is 0 Å². The Morgan fingerprint density at radius 1 is 1.27 bits per heavy atom. The summed E-state index contributed by atoms with van der Waals surface area (Å²) in [6, 6.07) is 0. The fourth-order valence-corrected chi connectivity index (χ4v) is 1.85. The van der Waals surface area contributed by atoms with Crippen molar-refractivity contribution >= 4 is 16.0 Å². The van der Waals surface area contributed by atoms with Crippen LogP contribution in [0.15, 0.2) is 0 Å². The van der Waals surface area contributed by atoms with E-state index in [9.17, 15) is 13.2 Å². The molecule has 0 aliphatic rings. The average molecular weight is 237 g/mol. The fourth-order valence-electron chi connectivity index (χ4n) is 0.717. The van der Waals surface area contributed by atoms with Crippen LogP contribution in [0.25, 0.3) is 0 Å². The Morgan fingerprint density at radius 3 is 1.87 bits per heavy atom. The zero-order valence-electron chi connectivity index (χ0n) is 9.79. The lowest BCUT2D eigenvalue weighted by Crippen LogP contribution is -2.55. The highest BCUT2D eigenvalue weighted by Gasteiger charge is 2.40. The van der Waals surface area contributed by atoms with E-state index >= 15 is 0 Å². The second-order valence-electron chi connectivity index (χ2n) is 4.71. The van der Waals surface area contributed by atoms with Gasteiger partial charge in [-0.1, -0.05) is 6.92 Å². The van der Waals surface area contributed by atoms with Gasteiger partial charge in [-0.2, -0.15) is 4.72 Å². The number of hydrogen-bond acceptors (Lipinski definition) is 3. The van der Waals surface area contributed by atoms with Crippen molar-refractivity contribution in [3.8, 4) is 0 Å². The van der Waals surface area contributed by atoms with Gasteiger partial charge in [0.05, 0.1) is 4.75 Å². The first-order valence-electron chi connectivity index (χ1n) is 4.73. The molecular formula is C9H19NO4S. The van der Waals surface area contributed by atoms with Gasteiger partial charge in [0.25, 0.3) is 0 Å². The standard InChI is InChI=1S/C9H19NO4S/c1-6-9(5,7(11)12)10-15(13,14)8(2,3)4/h10H,6H2,1-5H3,(H,11,12). The largest absolute Gasteiger partial charge is 0.480 e. The summed E-state index contributed by atoms with van der Waals surface area (Å²) >= 11 is 0. The summed E-state index contributed by atoms with van der Waals surface area (Å²) in [7, 11) is -3.64. The molecule has 0 aliphatic carbocycles. The number of carboxylic acids is 1. The van der Waals surface area contributed by atoms with Gasteiger partial charge < -0.3 is 5.11 Å². The van der Waals surface area contributed by atoms with Gasteiger partial charge in [0, 0.05) is 0 Å². The quantitative estimate of drug-likeness (QED) is 0.762. The average Bonchev–Trinajstić information content (AvgIpc) is 2.00. The first kappa shape index (κ1) is 14.4. The normalized spacial score (nSPS) is 17.1. The zero-order valence-corrected chi connectivity index (χ0v) is 10.6. The Labute approximate surface area is 90.9 Å². The first-order valence-corrected chi connectivity index (χ1v) is 6.21. The van der Waals surface area contributed by atoms with Gasteiger partial charge in [-0.3, -0.25) is 4.79 Å². The van der Waals surface area contributed by atoms with Crippen LogP contribution in [0, 0.1) is 0 Å². The van der Waals surface area contributed by atoms with Crippen molar-refractivity contribution in [3.05, 3.63) is 0 Å². The number of rotatable bonds is 4. The molecule has 15 heavy (non-hydrogen) atoms. The number of hydrogen-bond donors (Lipinski definition) is 2. The maximum Gasteiger partial charge on any atom is 0.324 e. The maximum absolute atomic E-state index is 11.8. The molecule has 1 atom stereocenters. The molecule has 0 aromatic rings. The fraction of sp³-hybridized carbons (Fsp3) is 0.889. The third-order valence-electron chi connectivity index (χ3n) is 2.34. The Balaban J connectivity index is 5.12. The molecule has 0 aliphatic heterocycles. The van der Waals surface area contributed by atoms with E-state index < -0.39 is 26.3 Å². The molecule has 0 radical (unpaired) electrons. The SMILES string of the molecule is CCC(C)(NS(=O)(=O)C(C)(C)C)C(=O)O. The van der Waals surface area contributed by atoms with Crippen LogP contribution in [0.2, 0.25) is 0 Å². The minimum Gasteiger partial charge on any atom is -0.480 e. The number of carboxylic acid groups (broad SMARTS) is 1. The Bertz CT molecular complexity index is 342. The summed E-state index contributed by atoms with van der Waals surface area (Å²) < 4.78 is 24.7. The molecule has 0 aromatic heterocycles. The maximum atomic E-state index is 11.8. The molecule has 5 nitrogen and oxygen atoms in total. The summed E-state index contributed by atoms with van der Waals surface area (Å²) in [5, 5.41) is 8.93. The molecular weight excluding hydrogens is 218 g/mol. The van der Waals surface area contributed by atoms with E-state index in [0.29, 0.717) is 0 Å². The molecule has 0 saturated carbocycles. The Hall–Kier alpha value is -0.620. The number of aliphatic carboxylic acids is 1. The van der Waals surface area contributed by atoms with Crippen LogP contribution in [-0.4, -0.2) is 29.8 Å². The number of nitrogens with one attached hydrogen (secondary N) is 1. The van der Waals surface area contributed by atoms with Crippen LogP contribution in [-0.2, 0) is 14.8 Å². The summed E-state index contributed by atoms with van der Waals surface area (Å²) in [5.74, 6) is -1.17. The van der Waals surface area contributed by atoms with Crippen molar-refractivity contribution < 1.29 is 18.3 Å². The van der Waals surface area contributed by atoms with Gasteiger partial charge in [-0.05, 0) is 34.1 Å². The van der Waals surface area contributed by atoms with Crippen molar-refractivity contribution in [3.63, 3.8) is 0 Å². The summed E-state index contributed by atoms with van der Waals surface area (Å²) in [6.45, 7) is 7.55. The monoisotopic (exact) mass is 237 g/mol. The van der Waals surface area contributed by atoms with Crippen LogP contribution < -0.4 is 4.72 Å². The van der Waals surface area contributed by atoms with Crippen LogP contribution in [0.1, 0.15) is 41.0 Å². The van der Waals surface area contributed by atoms with Gasteiger partial charge in [0.2, 0.25) is 10.0 Å². The Morgan fingerprint density at radius 2 is 1.67 bits per heavy atom. The van der Waals surface area contributed by atoms with Crippen LogP contribution >= 0.6 is 0 Å². The molecule has 0 heterocycles. The minimum absolute atomic E-state index is 0.192.